The molecule has 0 aromatic heterocycles. The van der Waals surface area contributed by atoms with Gasteiger partial charge in [-0.15, -0.1) is 11.6 Å². The van der Waals surface area contributed by atoms with Crippen LogP contribution in [0.1, 0.15) is 37.6 Å². The van der Waals surface area contributed by atoms with Crippen molar-refractivity contribution in [2.24, 2.45) is 5.41 Å². The molecular weight excluding hydrogens is 256 g/mol. The third kappa shape index (κ3) is 3.36. The van der Waals surface area contributed by atoms with Crippen molar-refractivity contribution in [2.45, 2.75) is 32.6 Å². The summed E-state index contributed by atoms with van der Waals surface area (Å²) in [5.41, 5.74) is 3.03. The van der Waals surface area contributed by atoms with Gasteiger partial charge >= 0.3 is 0 Å². The van der Waals surface area contributed by atoms with Crippen molar-refractivity contribution >= 4 is 17.4 Å². The van der Waals surface area contributed by atoms with E-state index < -0.39 is 0 Å². The number of ketones is 1. The maximum atomic E-state index is 12.2. The number of carbonyl (C=O) groups excluding carboxylic acids is 1. The number of hydrogen-bond donors (Lipinski definition) is 0. The van der Waals surface area contributed by atoms with Crippen molar-refractivity contribution in [1.82, 2.24) is 0 Å². The molecule has 0 aliphatic heterocycles. The summed E-state index contributed by atoms with van der Waals surface area (Å²) in [6.45, 7) is 6.46. The first-order chi connectivity index (χ1) is 8.88. The lowest BCUT2D eigenvalue weighted by Crippen LogP contribution is -2.06. The van der Waals surface area contributed by atoms with Crippen molar-refractivity contribution in [2.75, 3.05) is 0 Å². The topological polar surface area (TPSA) is 17.1 Å². The minimum absolute atomic E-state index is 0.0741. The fourth-order valence-corrected chi connectivity index (χ4v) is 2.39. The summed E-state index contributed by atoms with van der Waals surface area (Å²) < 4.78 is 0. The third-order valence-electron chi connectivity index (χ3n) is 3.35. The Labute approximate surface area is 120 Å². The fourth-order valence-electron chi connectivity index (χ4n) is 2.12. The number of allylic oxidation sites excluding steroid dienone is 4. The maximum absolute atomic E-state index is 12.2. The van der Waals surface area contributed by atoms with Gasteiger partial charge < -0.3 is 0 Å². The molecule has 1 unspecified atom stereocenters. The molecule has 0 saturated carbocycles. The third-order valence-corrected chi connectivity index (χ3v) is 3.75. The lowest BCUT2D eigenvalue weighted by Gasteiger charge is -2.18. The molecule has 0 radical (unpaired) electrons. The second-order valence-corrected chi connectivity index (χ2v) is 6.43. The molecule has 0 amide bonds. The van der Waals surface area contributed by atoms with Crippen LogP contribution < -0.4 is 0 Å². The van der Waals surface area contributed by atoms with E-state index in [9.17, 15) is 4.79 Å². The average molecular weight is 275 g/mol. The number of halogens is 1. The lowest BCUT2D eigenvalue weighted by molar-refractivity contribution is 0.0992. The van der Waals surface area contributed by atoms with E-state index in [-0.39, 0.29) is 16.6 Å². The Bertz CT molecular complexity index is 532. The van der Waals surface area contributed by atoms with Crippen LogP contribution in [0.25, 0.3) is 0 Å². The van der Waals surface area contributed by atoms with E-state index in [4.69, 9.17) is 11.6 Å². The summed E-state index contributed by atoms with van der Waals surface area (Å²) in [5, 5.41) is -0.151. The largest absolute Gasteiger partial charge is 0.294 e. The summed E-state index contributed by atoms with van der Waals surface area (Å²) in [6, 6.07) is 9.37. The van der Waals surface area contributed by atoms with Crippen LogP contribution in [0.3, 0.4) is 0 Å². The molecule has 0 saturated heterocycles. The summed E-state index contributed by atoms with van der Waals surface area (Å²) in [7, 11) is 0. The molecule has 1 aromatic carbocycles. The first-order valence-corrected chi connectivity index (χ1v) is 6.96. The molecule has 0 N–H and O–H groups in total. The van der Waals surface area contributed by atoms with E-state index in [1.54, 1.807) is 0 Å². The molecule has 1 aromatic rings. The SMILES string of the molecule is CC(C)(C)C1=CC(Cl)C(CC(=O)c2ccccc2)=C1. The maximum Gasteiger partial charge on any atom is 0.166 e. The first kappa shape index (κ1) is 14.1. The predicted molar refractivity (Wildman–Crippen MR) is 80.7 cm³/mol. The normalized spacial score (nSPS) is 19.1. The van der Waals surface area contributed by atoms with E-state index >= 15 is 0 Å². The zero-order valence-corrected chi connectivity index (χ0v) is 12.4. The minimum atomic E-state index is -0.151. The van der Waals surface area contributed by atoms with Crippen LogP contribution in [0, 0.1) is 5.41 Å². The van der Waals surface area contributed by atoms with Crippen molar-refractivity contribution in [3.63, 3.8) is 0 Å². The number of benzene rings is 1. The van der Waals surface area contributed by atoms with Gasteiger partial charge in [-0.2, -0.15) is 0 Å². The van der Waals surface area contributed by atoms with Crippen LogP contribution in [0.15, 0.2) is 53.6 Å². The summed E-state index contributed by atoms with van der Waals surface area (Å²) in [6.07, 6.45) is 4.53. The van der Waals surface area contributed by atoms with Gasteiger partial charge in [0, 0.05) is 12.0 Å². The molecule has 1 aliphatic rings. The van der Waals surface area contributed by atoms with E-state index in [0.29, 0.717) is 6.42 Å². The Morgan fingerprint density at radius 1 is 1.21 bits per heavy atom. The van der Waals surface area contributed by atoms with Crippen molar-refractivity contribution < 1.29 is 4.79 Å². The molecule has 19 heavy (non-hydrogen) atoms. The van der Waals surface area contributed by atoms with E-state index in [2.05, 4.69) is 32.9 Å². The zero-order valence-electron chi connectivity index (χ0n) is 11.6. The standard InChI is InChI=1S/C17H19ClO/c1-17(2,3)14-9-13(15(18)11-14)10-16(19)12-7-5-4-6-8-12/h4-9,11,15H,10H2,1-3H3. The molecule has 100 valence electrons. The number of rotatable bonds is 3. The lowest BCUT2D eigenvalue weighted by atomic mass is 9.87. The highest BCUT2D eigenvalue weighted by atomic mass is 35.5. The van der Waals surface area contributed by atoms with Gasteiger partial charge in [0.05, 0.1) is 5.38 Å². The van der Waals surface area contributed by atoms with Gasteiger partial charge in [0.2, 0.25) is 0 Å². The molecule has 0 spiro atoms. The average Bonchev–Trinajstić information content (AvgIpc) is 2.72. The number of alkyl halides is 1. The van der Waals surface area contributed by atoms with Crippen LogP contribution in [-0.2, 0) is 0 Å². The second-order valence-electron chi connectivity index (χ2n) is 5.96. The van der Waals surface area contributed by atoms with Crippen molar-refractivity contribution in [3.8, 4) is 0 Å². The number of hydrogen-bond acceptors (Lipinski definition) is 1. The first-order valence-electron chi connectivity index (χ1n) is 6.53. The van der Waals surface area contributed by atoms with Gasteiger partial charge in [-0.05, 0) is 16.6 Å². The second kappa shape index (κ2) is 5.34. The molecule has 0 fully saturated rings. The van der Waals surface area contributed by atoms with Crippen LogP contribution >= 0.6 is 11.6 Å². The molecule has 2 rings (SSSR count). The highest BCUT2D eigenvalue weighted by Gasteiger charge is 2.25. The van der Waals surface area contributed by atoms with Gasteiger partial charge in [-0.25, -0.2) is 0 Å². The van der Waals surface area contributed by atoms with Crippen molar-refractivity contribution in [1.29, 1.82) is 0 Å². The molecule has 1 aliphatic carbocycles. The number of carbonyl (C=O) groups is 1. The van der Waals surface area contributed by atoms with E-state index in [1.165, 1.54) is 5.57 Å². The van der Waals surface area contributed by atoms with Gasteiger partial charge in [-0.1, -0.05) is 63.3 Å². The summed E-state index contributed by atoms with van der Waals surface area (Å²) >= 11 is 6.31. The Balaban J connectivity index is 2.12. The van der Waals surface area contributed by atoms with Crippen molar-refractivity contribution in [3.05, 3.63) is 59.2 Å². The Morgan fingerprint density at radius 2 is 1.84 bits per heavy atom. The monoisotopic (exact) mass is 274 g/mol. The number of Topliss-reactive ketones (excluding diaryl/α,β-unsaturated/α-hetero) is 1. The highest BCUT2D eigenvalue weighted by molar-refractivity contribution is 6.24. The molecule has 0 bridgehead atoms. The predicted octanol–water partition coefficient (Wildman–Crippen LogP) is 4.78. The zero-order chi connectivity index (χ0) is 14.0. The summed E-state index contributed by atoms with van der Waals surface area (Å²) in [5.74, 6) is 0.126. The van der Waals surface area contributed by atoms with Crippen LogP contribution in [0.4, 0.5) is 0 Å². The van der Waals surface area contributed by atoms with Gasteiger partial charge in [0.15, 0.2) is 5.78 Å². The Hall–Kier alpha value is -1.34. The van der Waals surface area contributed by atoms with Crippen LogP contribution in [-0.4, -0.2) is 11.2 Å². The quantitative estimate of drug-likeness (QED) is 0.573. The fraction of sp³-hybridized carbons (Fsp3) is 0.353. The van der Waals surface area contributed by atoms with Crippen LogP contribution in [0.5, 0.6) is 0 Å². The van der Waals surface area contributed by atoms with Gasteiger partial charge in [0.25, 0.3) is 0 Å². The van der Waals surface area contributed by atoms with E-state index in [0.717, 1.165) is 11.1 Å². The Kier molecular flexibility index (Phi) is 3.96. The smallest absolute Gasteiger partial charge is 0.166 e. The molecular formula is C17H19ClO. The van der Waals surface area contributed by atoms with E-state index in [1.807, 2.05) is 30.3 Å². The van der Waals surface area contributed by atoms with Gasteiger partial charge in [0.1, 0.15) is 0 Å². The van der Waals surface area contributed by atoms with Crippen LogP contribution in [0.2, 0.25) is 0 Å². The highest BCUT2D eigenvalue weighted by Crippen LogP contribution is 2.36. The Morgan fingerprint density at radius 3 is 2.37 bits per heavy atom. The minimum Gasteiger partial charge on any atom is -0.294 e. The molecule has 1 atom stereocenters. The summed E-state index contributed by atoms with van der Waals surface area (Å²) in [4.78, 5) is 12.2. The molecule has 0 heterocycles. The molecule has 1 nitrogen and oxygen atoms in total. The van der Waals surface area contributed by atoms with Gasteiger partial charge in [-0.3, -0.25) is 4.79 Å². The molecule has 2 heteroatoms.